The molecule has 10 heteroatoms. The summed E-state index contributed by atoms with van der Waals surface area (Å²) in [6, 6.07) is 16.2. The van der Waals surface area contributed by atoms with Crippen molar-refractivity contribution in [2.24, 2.45) is 0 Å². The van der Waals surface area contributed by atoms with Gasteiger partial charge in [-0.25, -0.2) is 9.48 Å². The lowest BCUT2D eigenvalue weighted by atomic mass is 10.2. The van der Waals surface area contributed by atoms with E-state index in [1.807, 2.05) is 49.4 Å². The summed E-state index contributed by atoms with van der Waals surface area (Å²) in [4.78, 5) is 25.1. The molecule has 4 rings (SSSR count). The number of carbonyl (C=O) groups excluding carboxylic acids is 1. The predicted molar refractivity (Wildman–Crippen MR) is 105 cm³/mol. The van der Waals surface area contributed by atoms with Crippen LogP contribution in [0.3, 0.4) is 0 Å². The Morgan fingerprint density at radius 1 is 1.00 bits per heavy atom. The molecule has 1 atom stereocenters. The molecule has 1 N–H and O–H groups in total. The van der Waals surface area contributed by atoms with Gasteiger partial charge in [-0.2, -0.15) is 9.36 Å². The zero-order chi connectivity index (χ0) is 20.2. The molecule has 1 amide bonds. The van der Waals surface area contributed by atoms with Crippen molar-refractivity contribution < 1.29 is 4.79 Å². The van der Waals surface area contributed by atoms with Gasteiger partial charge in [-0.05, 0) is 41.1 Å². The first-order valence-corrected chi connectivity index (χ1v) is 9.31. The van der Waals surface area contributed by atoms with Gasteiger partial charge < -0.3 is 5.32 Å². The summed E-state index contributed by atoms with van der Waals surface area (Å²) in [5, 5.41) is 18.9. The van der Waals surface area contributed by atoms with Crippen LogP contribution in [-0.2, 0) is 17.9 Å². The summed E-state index contributed by atoms with van der Waals surface area (Å²) >= 11 is 0. The van der Waals surface area contributed by atoms with Gasteiger partial charge in [0.05, 0.1) is 17.7 Å². The third kappa shape index (κ3) is 3.91. The van der Waals surface area contributed by atoms with Crippen LogP contribution in [0, 0.1) is 0 Å². The van der Waals surface area contributed by atoms with Crippen LogP contribution in [-0.4, -0.2) is 46.7 Å². The third-order valence-electron chi connectivity index (χ3n) is 4.61. The molecule has 0 saturated carbocycles. The Kier molecular flexibility index (Phi) is 5.14. The summed E-state index contributed by atoms with van der Waals surface area (Å²) in [6.45, 7) is 2.21. The number of benzene rings is 2. The Hall–Kier alpha value is -3.82. The van der Waals surface area contributed by atoms with E-state index in [-0.39, 0.29) is 30.7 Å². The molecule has 0 aliphatic carbocycles. The maximum Gasteiger partial charge on any atom is 0.368 e. The smallest absolute Gasteiger partial charge is 0.350 e. The zero-order valence-electron chi connectivity index (χ0n) is 15.8. The van der Waals surface area contributed by atoms with Gasteiger partial charge in [0.2, 0.25) is 5.91 Å². The normalized spacial score (nSPS) is 12.2. The second-order valence-corrected chi connectivity index (χ2v) is 6.60. The second-order valence-electron chi connectivity index (χ2n) is 6.60. The lowest BCUT2D eigenvalue weighted by Crippen LogP contribution is -2.41. The molecular weight excluding hydrogens is 372 g/mol. The van der Waals surface area contributed by atoms with Crippen LogP contribution in [0.4, 0.5) is 0 Å². The number of rotatable bonds is 7. The number of aromatic nitrogens is 7. The Morgan fingerprint density at radius 2 is 1.76 bits per heavy atom. The molecule has 0 unspecified atom stereocenters. The molecule has 2 aromatic carbocycles. The van der Waals surface area contributed by atoms with E-state index >= 15 is 0 Å². The Morgan fingerprint density at radius 3 is 2.55 bits per heavy atom. The van der Waals surface area contributed by atoms with E-state index in [4.69, 9.17) is 0 Å². The fourth-order valence-electron chi connectivity index (χ4n) is 3.05. The van der Waals surface area contributed by atoms with Crippen LogP contribution in [0.5, 0.6) is 0 Å². The monoisotopic (exact) mass is 392 g/mol. The van der Waals surface area contributed by atoms with Crippen molar-refractivity contribution in [1.29, 1.82) is 0 Å². The summed E-state index contributed by atoms with van der Waals surface area (Å²) in [5.74, 6) is -0.212. The third-order valence-corrected chi connectivity index (χ3v) is 4.61. The Bertz CT molecular complexity index is 1180. The quantitative estimate of drug-likeness (QED) is 0.497. The van der Waals surface area contributed by atoms with Crippen LogP contribution >= 0.6 is 0 Å². The van der Waals surface area contributed by atoms with E-state index in [2.05, 4.69) is 26.1 Å². The molecule has 0 aliphatic rings. The van der Waals surface area contributed by atoms with E-state index < -0.39 is 0 Å². The van der Waals surface area contributed by atoms with E-state index in [9.17, 15) is 9.59 Å². The van der Waals surface area contributed by atoms with Gasteiger partial charge in [-0.15, -0.1) is 5.10 Å². The molecule has 0 aliphatic heterocycles. The number of fused-ring (bicyclic) bond motifs is 1. The van der Waals surface area contributed by atoms with Crippen molar-refractivity contribution in [3.8, 4) is 5.69 Å². The van der Waals surface area contributed by atoms with Crippen LogP contribution < -0.4 is 11.0 Å². The highest BCUT2D eigenvalue weighted by Crippen LogP contribution is 2.09. The minimum atomic E-state index is -0.355. The molecule has 2 aromatic heterocycles. The first kappa shape index (κ1) is 18.5. The second kappa shape index (κ2) is 8.05. The van der Waals surface area contributed by atoms with Crippen LogP contribution in [0.25, 0.3) is 16.7 Å². The number of hydrogen-bond acceptors (Lipinski definition) is 6. The molecule has 29 heavy (non-hydrogen) atoms. The summed E-state index contributed by atoms with van der Waals surface area (Å²) in [7, 11) is 0. The molecule has 0 saturated heterocycles. The van der Waals surface area contributed by atoms with Gasteiger partial charge in [0.1, 0.15) is 12.1 Å². The highest BCUT2D eigenvalue weighted by atomic mass is 16.2. The van der Waals surface area contributed by atoms with Crippen molar-refractivity contribution in [2.75, 3.05) is 0 Å². The molecule has 10 nitrogen and oxygen atoms in total. The number of hydrogen-bond donors (Lipinski definition) is 1. The molecule has 0 radical (unpaired) electrons. The molecule has 148 valence electrons. The topological polar surface area (TPSA) is 113 Å². The van der Waals surface area contributed by atoms with Crippen molar-refractivity contribution in [3.63, 3.8) is 0 Å². The van der Waals surface area contributed by atoms with E-state index in [0.29, 0.717) is 12.1 Å². The predicted octanol–water partition coefficient (Wildman–Crippen LogP) is 0.769. The summed E-state index contributed by atoms with van der Waals surface area (Å²) < 4.78 is 4.04. The van der Waals surface area contributed by atoms with Crippen molar-refractivity contribution in [3.05, 3.63) is 65.1 Å². The van der Waals surface area contributed by atoms with E-state index in [1.165, 1.54) is 9.36 Å². The highest BCUT2D eigenvalue weighted by Gasteiger charge is 2.17. The Balaban J connectivity index is 1.44. The first-order valence-electron chi connectivity index (χ1n) is 9.31. The highest BCUT2D eigenvalue weighted by molar-refractivity contribution is 5.79. The van der Waals surface area contributed by atoms with Crippen molar-refractivity contribution in [1.82, 2.24) is 40.1 Å². The van der Waals surface area contributed by atoms with Crippen molar-refractivity contribution >= 4 is 16.9 Å². The minimum absolute atomic E-state index is 0.0443. The number of amides is 1. The minimum Gasteiger partial charge on any atom is -0.350 e. The molecule has 0 bridgehead atoms. The fraction of sp³-hybridized carbons (Fsp3) is 0.263. The number of nitrogens with zero attached hydrogens (tertiary/aromatic N) is 7. The van der Waals surface area contributed by atoms with Crippen LogP contribution in [0.2, 0.25) is 0 Å². The van der Waals surface area contributed by atoms with Gasteiger partial charge in [0.25, 0.3) is 0 Å². The van der Waals surface area contributed by atoms with Gasteiger partial charge in [-0.3, -0.25) is 4.79 Å². The molecule has 0 spiro atoms. The van der Waals surface area contributed by atoms with E-state index in [1.54, 1.807) is 16.8 Å². The average molecular weight is 392 g/mol. The average Bonchev–Trinajstić information content (AvgIpc) is 3.32. The molecular formula is C19H20N8O2. The van der Waals surface area contributed by atoms with Crippen molar-refractivity contribution in [2.45, 2.75) is 32.5 Å². The SMILES string of the molecule is CC[C@H](Cn1nnn(-c2ccccc2)c1=O)NC(=O)Cn1nnc2ccccc21. The summed E-state index contributed by atoms with van der Waals surface area (Å²) in [5.41, 5.74) is 1.80. The Labute approximate surface area is 165 Å². The number of para-hydroxylation sites is 2. The number of nitrogens with one attached hydrogen (secondary N) is 1. The standard InChI is InChI=1S/C19H20N8O2/c1-2-14(12-26-19(29)27(24-23-26)15-8-4-3-5-9-15)20-18(28)13-25-17-11-7-6-10-16(17)21-22-25/h3-11,14H,2,12-13H2,1H3,(H,20,28)/t14-/m1/s1. The maximum atomic E-state index is 12.6. The molecule has 0 fully saturated rings. The van der Waals surface area contributed by atoms with Crippen LogP contribution in [0.1, 0.15) is 13.3 Å². The van der Waals surface area contributed by atoms with E-state index in [0.717, 1.165) is 11.0 Å². The number of carbonyl (C=O) groups is 1. The largest absolute Gasteiger partial charge is 0.368 e. The zero-order valence-corrected chi connectivity index (χ0v) is 15.8. The van der Waals surface area contributed by atoms with Gasteiger partial charge in [0, 0.05) is 6.04 Å². The van der Waals surface area contributed by atoms with Crippen LogP contribution in [0.15, 0.2) is 59.4 Å². The number of tetrazole rings is 1. The van der Waals surface area contributed by atoms with Gasteiger partial charge in [-0.1, -0.05) is 42.5 Å². The lowest BCUT2D eigenvalue weighted by Gasteiger charge is -2.16. The molecule has 4 aromatic rings. The fourth-order valence-corrected chi connectivity index (χ4v) is 3.05. The maximum absolute atomic E-state index is 12.6. The summed E-state index contributed by atoms with van der Waals surface area (Å²) in [6.07, 6.45) is 0.633. The van der Waals surface area contributed by atoms with Gasteiger partial charge in [0.15, 0.2) is 0 Å². The molecule has 2 heterocycles. The lowest BCUT2D eigenvalue weighted by molar-refractivity contribution is -0.122. The van der Waals surface area contributed by atoms with Gasteiger partial charge >= 0.3 is 5.69 Å². The first-order chi connectivity index (χ1) is 14.2.